The zero-order chi connectivity index (χ0) is 13.2. The van der Waals surface area contributed by atoms with Gasteiger partial charge in [-0.05, 0) is 12.1 Å². The first kappa shape index (κ1) is 13.4. The monoisotopic (exact) mass is 281 g/mol. The van der Waals surface area contributed by atoms with Crippen molar-refractivity contribution < 1.29 is 4.74 Å². The fraction of sp³-hybridized carbons (Fsp3) is 0.357. The van der Waals surface area contributed by atoms with Crippen LogP contribution in [0.2, 0.25) is 5.02 Å². The van der Waals surface area contributed by atoms with E-state index in [0.717, 1.165) is 10.7 Å². The fourth-order valence-corrected chi connectivity index (χ4v) is 2.55. The van der Waals surface area contributed by atoms with Crippen LogP contribution in [0.3, 0.4) is 0 Å². The topological polar surface area (TPSA) is 22.1 Å². The van der Waals surface area contributed by atoms with E-state index >= 15 is 0 Å². The molecule has 0 aliphatic rings. The van der Waals surface area contributed by atoms with Gasteiger partial charge in [0.1, 0.15) is 17.4 Å². The maximum atomic E-state index is 6.03. The molecule has 96 valence electrons. The second kappa shape index (κ2) is 5.29. The lowest BCUT2D eigenvalue weighted by atomic mass is 9.93. The predicted molar refractivity (Wildman–Crippen MR) is 76.6 cm³/mol. The Morgan fingerprint density at radius 3 is 2.61 bits per heavy atom. The van der Waals surface area contributed by atoms with Gasteiger partial charge in [0.15, 0.2) is 0 Å². The number of aromatic nitrogens is 1. The van der Waals surface area contributed by atoms with Gasteiger partial charge in [0.2, 0.25) is 0 Å². The van der Waals surface area contributed by atoms with Crippen LogP contribution in [-0.4, -0.2) is 4.98 Å². The van der Waals surface area contributed by atoms with E-state index in [9.17, 15) is 0 Å². The maximum Gasteiger partial charge on any atom is 0.140 e. The van der Waals surface area contributed by atoms with E-state index in [1.165, 1.54) is 0 Å². The Kier molecular flexibility index (Phi) is 3.93. The molecule has 1 heterocycles. The quantitative estimate of drug-likeness (QED) is 0.815. The molecule has 0 saturated heterocycles. The molecule has 1 aromatic heterocycles. The van der Waals surface area contributed by atoms with Gasteiger partial charge in [-0.25, -0.2) is 4.98 Å². The van der Waals surface area contributed by atoms with Gasteiger partial charge < -0.3 is 4.74 Å². The summed E-state index contributed by atoms with van der Waals surface area (Å²) in [5.74, 6) is 0.701. The van der Waals surface area contributed by atoms with E-state index in [0.29, 0.717) is 17.4 Å². The van der Waals surface area contributed by atoms with Gasteiger partial charge in [-0.1, -0.05) is 44.5 Å². The molecule has 0 radical (unpaired) electrons. The smallest absolute Gasteiger partial charge is 0.140 e. The molecular weight excluding hydrogens is 266 g/mol. The minimum absolute atomic E-state index is 0.0825. The van der Waals surface area contributed by atoms with Crippen LogP contribution in [0.15, 0.2) is 29.6 Å². The average Bonchev–Trinajstić information content (AvgIpc) is 2.76. The highest BCUT2D eigenvalue weighted by Crippen LogP contribution is 2.27. The van der Waals surface area contributed by atoms with E-state index in [1.54, 1.807) is 11.3 Å². The van der Waals surface area contributed by atoms with Gasteiger partial charge >= 0.3 is 0 Å². The second-order valence-electron chi connectivity index (χ2n) is 5.10. The molecule has 0 atom stereocenters. The largest absolute Gasteiger partial charge is 0.485 e. The normalized spacial score (nSPS) is 11.6. The first-order valence-corrected chi connectivity index (χ1v) is 7.05. The number of thiazole rings is 1. The number of hydrogen-bond donors (Lipinski definition) is 0. The number of nitrogens with zero attached hydrogens (tertiary/aromatic N) is 1. The molecule has 0 spiro atoms. The minimum atomic E-state index is 0.0825. The Balaban J connectivity index is 2.03. The molecule has 0 amide bonds. The molecule has 0 bridgehead atoms. The third-order valence-corrected chi connectivity index (χ3v) is 3.64. The third kappa shape index (κ3) is 3.24. The van der Waals surface area contributed by atoms with Crippen molar-refractivity contribution in [2.24, 2.45) is 0 Å². The Bertz CT molecular complexity index is 531. The SMILES string of the molecule is CC(C)(C)c1csc(COc2ccccc2Cl)n1. The number of para-hydroxylation sites is 1. The van der Waals surface area contributed by atoms with Crippen molar-refractivity contribution in [3.05, 3.63) is 45.4 Å². The average molecular weight is 282 g/mol. The number of halogens is 1. The molecule has 0 fully saturated rings. The summed E-state index contributed by atoms with van der Waals surface area (Å²) in [4.78, 5) is 4.58. The minimum Gasteiger partial charge on any atom is -0.485 e. The molecule has 2 aromatic rings. The van der Waals surface area contributed by atoms with E-state index in [4.69, 9.17) is 16.3 Å². The Morgan fingerprint density at radius 2 is 2.00 bits per heavy atom. The van der Waals surface area contributed by atoms with Crippen molar-refractivity contribution in [3.8, 4) is 5.75 Å². The van der Waals surface area contributed by atoms with Crippen LogP contribution in [0, 0.1) is 0 Å². The summed E-state index contributed by atoms with van der Waals surface area (Å²) in [6.07, 6.45) is 0. The van der Waals surface area contributed by atoms with Crippen LogP contribution in [-0.2, 0) is 12.0 Å². The molecule has 4 heteroatoms. The second-order valence-corrected chi connectivity index (χ2v) is 6.45. The summed E-state index contributed by atoms with van der Waals surface area (Å²) >= 11 is 7.65. The predicted octanol–water partition coefficient (Wildman–Crippen LogP) is 4.67. The van der Waals surface area contributed by atoms with Gasteiger partial charge in [-0.3, -0.25) is 0 Å². The van der Waals surface area contributed by atoms with E-state index < -0.39 is 0 Å². The van der Waals surface area contributed by atoms with Crippen LogP contribution >= 0.6 is 22.9 Å². The van der Waals surface area contributed by atoms with Crippen molar-refractivity contribution in [2.45, 2.75) is 32.8 Å². The maximum absolute atomic E-state index is 6.03. The highest BCUT2D eigenvalue weighted by molar-refractivity contribution is 7.09. The van der Waals surface area contributed by atoms with Crippen LogP contribution in [0.25, 0.3) is 0 Å². The number of ether oxygens (including phenoxy) is 1. The van der Waals surface area contributed by atoms with Crippen LogP contribution in [0.4, 0.5) is 0 Å². The molecule has 0 N–H and O–H groups in total. The summed E-state index contributed by atoms with van der Waals surface area (Å²) in [7, 11) is 0. The molecule has 2 rings (SSSR count). The van der Waals surface area contributed by atoms with Gasteiger partial charge in [0.25, 0.3) is 0 Å². The molecule has 1 aromatic carbocycles. The van der Waals surface area contributed by atoms with Gasteiger partial charge in [-0.2, -0.15) is 0 Å². The molecule has 18 heavy (non-hydrogen) atoms. The van der Waals surface area contributed by atoms with Crippen molar-refractivity contribution in [1.82, 2.24) is 4.98 Å². The first-order valence-electron chi connectivity index (χ1n) is 5.79. The van der Waals surface area contributed by atoms with Crippen LogP contribution in [0.5, 0.6) is 5.75 Å². The summed E-state index contributed by atoms with van der Waals surface area (Å²) in [5.41, 5.74) is 1.18. The van der Waals surface area contributed by atoms with Crippen molar-refractivity contribution >= 4 is 22.9 Å². The van der Waals surface area contributed by atoms with Gasteiger partial charge in [0.05, 0.1) is 10.7 Å². The lowest BCUT2D eigenvalue weighted by molar-refractivity contribution is 0.305. The highest BCUT2D eigenvalue weighted by Gasteiger charge is 2.17. The number of hydrogen-bond acceptors (Lipinski definition) is 3. The zero-order valence-electron chi connectivity index (χ0n) is 10.7. The van der Waals surface area contributed by atoms with Gasteiger partial charge in [-0.15, -0.1) is 11.3 Å². The lowest BCUT2D eigenvalue weighted by Gasteiger charge is -2.14. The Hall–Kier alpha value is -1.06. The summed E-state index contributed by atoms with van der Waals surface area (Å²) < 4.78 is 5.66. The van der Waals surface area contributed by atoms with Crippen molar-refractivity contribution in [2.75, 3.05) is 0 Å². The standard InChI is InChI=1S/C14H16ClNOS/c1-14(2,3)12-9-18-13(16-12)8-17-11-7-5-4-6-10(11)15/h4-7,9H,8H2,1-3H3. The lowest BCUT2D eigenvalue weighted by Crippen LogP contribution is -2.11. The number of rotatable bonds is 3. The first-order chi connectivity index (χ1) is 8.47. The summed E-state index contributed by atoms with van der Waals surface area (Å²) in [5, 5.41) is 3.69. The highest BCUT2D eigenvalue weighted by atomic mass is 35.5. The number of benzene rings is 1. The Labute approximate surface area is 117 Å². The van der Waals surface area contributed by atoms with E-state index in [2.05, 4.69) is 31.1 Å². The molecule has 0 saturated carbocycles. The summed E-state index contributed by atoms with van der Waals surface area (Å²) in [6.45, 7) is 6.92. The molecule has 2 nitrogen and oxygen atoms in total. The van der Waals surface area contributed by atoms with E-state index in [-0.39, 0.29) is 5.41 Å². The van der Waals surface area contributed by atoms with Crippen molar-refractivity contribution in [3.63, 3.8) is 0 Å². The summed E-state index contributed by atoms with van der Waals surface area (Å²) in [6, 6.07) is 7.47. The molecular formula is C14H16ClNOS. The van der Waals surface area contributed by atoms with Crippen LogP contribution in [0.1, 0.15) is 31.5 Å². The van der Waals surface area contributed by atoms with Gasteiger partial charge in [0, 0.05) is 10.8 Å². The molecule has 0 aliphatic carbocycles. The fourth-order valence-electron chi connectivity index (χ4n) is 1.42. The zero-order valence-corrected chi connectivity index (χ0v) is 12.3. The molecule has 0 aliphatic heterocycles. The van der Waals surface area contributed by atoms with E-state index in [1.807, 2.05) is 24.3 Å². The molecule has 0 unspecified atom stereocenters. The van der Waals surface area contributed by atoms with Crippen molar-refractivity contribution in [1.29, 1.82) is 0 Å². The van der Waals surface area contributed by atoms with Crippen LogP contribution < -0.4 is 4.74 Å². The third-order valence-electron chi connectivity index (χ3n) is 2.51. The Morgan fingerprint density at radius 1 is 1.28 bits per heavy atom.